The van der Waals surface area contributed by atoms with Crippen LogP contribution < -0.4 is 10.5 Å². The van der Waals surface area contributed by atoms with E-state index in [1.54, 1.807) is 7.11 Å². The molecule has 4 heteroatoms. The van der Waals surface area contributed by atoms with Crippen molar-refractivity contribution in [2.45, 2.75) is 6.92 Å². The molecule has 96 valence electrons. The second kappa shape index (κ2) is 4.55. The molecule has 0 unspecified atom stereocenters. The summed E-state index contributed by atoms with van der Waals surface area (Å²) in [5.41, 5.74) is 7.93. The maximum atomic E-state index is 6.00. The van der Waals surface area contributed by atoms with Crippen LogP contribution in [0.4, 0.5) is 5.00 Å². The predicted octanol–water partition coefficient (Wildman–Crippen LogP) is 3.86. The van der Waals surface area contributed by atoms with Crippen molar-refractivity contribution in [2.75, 3.05) is 12.8 Å². The Morgan fingerprint density at radius 1 is 1.11 bits per heavy atom. The van der Waals surface area contributed by atoms with Crippen molar-refractivity contribution < 1.29 is 4.74 Å². The van der Waals surface area contributed by atoms with Gasteiger partial charge in [0.1, 0.15) is 16.4 Å². The molecule has 0 amide bonds. The number of ether oxygens (including phenoxy) is 1. The number of benzene rings is 2. The van der Waals surface area contributed by atoms with Crippen LogP contribution in [-0.4, -0.2) is 12.1 Å². The van der Waals surface area contributed by atoms with Crippen LogP contribution in [-0.2, 0) is 0 Å². The maximum absolute atomic E-state index is 6.00. The van der Waals surface area contributed by atoms with Gasteiger partial charge >= 0.3 is 0 Å². The fourth-order valence-electron chi connectivity index (χ4n) is 2.15. The summed E-state index contributed by atoms with van der Waals surface area (Å²) in [5.74, 6) is 0.865. The summed E-state index contributed by atoms with van der Waals surface area (Å²) in [6.45, 7) is 1.97. The van der Waals surface area contributed by atoms with Crippen LogP contribution in [0.15, 0.2) is 36.4 Å². The van der Waals surface area contributed by atoms with Crippen LogP contribution >= 0.6 is 11.3 Å². The van der Waals surface area contributed by atoms with Gasteiger partial charge in [0.25, 0.3) is 0 Å². The van der Waals surface area contributed by atoms with Gasteiger partial charge in [-0.05, 0) is 35.9 Å². The quantitative estimate of drug-likeness (QED) is 0.769. The summed E-state index contributed by atoms with van der Waals surface area (Å²) < 4.78 is 5.23. The van der Waals surface area contributed by atoms with Gasteiger partial charge in [-0.15, -0.1) is 11.3 Å². The second-order valence-corrected chi connectivity index (χ2v) is 5.61. The van der Waals surface area contributed by atoms with E-state index in [-0.39, 0.29) is 0 Å². The molecule has 0 saturated carbocycles. The number of hydrogen-bond acceptors (Lipinski definition) is 4. The van der Waals surface area contributed by atoms with Gasteiger partial charge in [-0.2, -0.15) is 0 Å². The summed E-state index contributed by atoms with van der Waals surface area (Å²) in [7, 11) is 1.67. The van der Waals surface area contributed by atoms with E-state index in [1.807, 2.05) is 31.2 Å². The van der Waals surface area contributed by atoms with Crippen molar-refractivity contribution in [1.29, 1.82) is 0 Å². The number of hydrogen-bond donors (Lipinski definition) is 1. The first-order chi connectivity index (χ1) is 9.17. The van der Waals surface area contributed by atoms with Crippen LogP contribution in [0.2, 0.25) is 0 Å². The van der Waals surface area contributed by atoms with Gasteiger partial charge in [-0.3, -0.25) is 0 Å². The molecule has 19 heavy (non-hydrogen) atoms. The molecular weight excluding hydrogens is 256 g/mol. The summed E-state index contributed by atoms with van der Waals surface area (Å²) >= 11 is 1.52. The molecule has 0 fully saturated rings. The number of thiazole rings is 1. The van der Waals surface area contributed by atoms with E-state index in [0.29, 0.717) is 0 Å². The zero-order valence-corrected chi connectivity index (χ0v) is 11.6. The average molecular weight is 270 g/mol. The fourth-order valence-corrected chi connectivity index (χ4v) is 2.86. The van der Waals surface area contributed by atoms with Crippen molar-refractivity contribution in [1.82, 2.24) is 4.98 Å². The van der Waals surface area contributed by atoms with Gasteiger partial charge < -0.3 is 10.5 Å². The van der Waals surface area contributed by atoms with Gasteiger partial charge in [-0.1, -0.05) is 18.2 Å². The first kappa shape index (κ1) is 12.0. The van der Waals surface area contributed by atoms with Crippen molar-refractivity contribution in [3.05, 3.63) is 41.4 Å². The third kappa shape index (κ3) is 2.15. The van der Waals surface area contributed by atoms with Crippen LogP contribution in [0.5, 0.6) is 5.75 Å². The Hall–Kier alpha value is -2.07. The Labute approximate surface area is 115 Å². The number of nitrogens with zero attached hydrogens (tertiary/aromatic N) is 1. The lowest BCUT2D eigenvalue weighted by Gasteiger charge is -2.05. The SMILES string of the molecule is COc1ccc2cc(-c3nc(C)sc3N)ccc2c1. The number of nitrogen functional groups attached to an aromatic ring is 1. The number of fused-ring (bicyclic) bond motifs is 1. The highest BCUT2D eigenvalue weighted by molar-refractivity contribution is 7.16. The van der Waals surface area contributed by atoms with E-state index in [4.69, 9.17) is 10.5 Å². The number of anilines is 1. The Balaban J connectivity index is 2.14. The van der Waals surface area contributed by atoms with Gasteiger partial charge in [0.15, 0.2) is 0 Å². The Kier molecular flexibility index (Phi) is 2.87. The zero-order chi connectivity index (χ0) is 13.4. The first-order valence-electron chi connectivity index (χ1n) is 5.98. The Morgan fingerprint density at radius 3 is 2.53 bits per heavy atom. The lowest BCUT2D eigenvalue weighted by atomic mass is 10.0. The third-order valence-corrected chi connectivity index (χ3v) is 3.88. The third-order valence-electron chi connectivity index (χ3n) is 3.08. The fraction of sp³-hybridized carbons (Fsp3) is 0.133. The highest BCUT2D eigenvalue weighted by Gasteiger charge is 2.09. The molecule has 0 radical (unpaired) electrons. The van der Waals surface area contributed by atoms with E-state index < -0.39 is 0 Å². The molecule has 0 aliphatic rings. The molecule has 0 atom stereocenters. The molecular formula is C15H14N2OS. The topological polar surface area (TPSA) is 48.1 Å². The van der Waals surface area contributed by atoms with Crippen LogP contribution in [0.3, 0.4) is 0 Å². The Bertz CT molecular complexity index is 749. The monoisotopic (exact) mass is 270 g/mol. The van der Waals surface area contributed by atoms with Crippen LogP contribution in [0, 0.1) is 6.92 Å². The second-order valence-electron chi connectivity index (χ2n) is 4.37. The molecule has 0 spiro atoms. The molecule has 0 saturated heterocycles. The molecule has 2 aromatic carbocycles. The number of aryl methyl sites for hydroxylation is 1. The summed E-state index contributed by atoms with van der Waals surface area (Å²) in [6, 6.07) is 12.3. The van der Waals surface area contributed by atoms with Gasteiger partial charge in [0.05, 0.1) is 12.1 Å². The van der Waals surface area contributed by atoms with E-state index >= 15 is 0 Å². The predicted molar refractivity (Wildman–Crippen MR) is 80.8 cm³/mol. The Morgan fingerprint density at radius 2 is 1.84 bits per heavy atom. The van der Waals surface area contributed by atoms with E-state index in [0.717, 1.165) is 37.8 Å². The first-order valence-corrected chi connectivity index (χ1v) is 6.80. The molecule has 1 aromatic heterocycles. The number of methoxy groups -OCH3 is 1. The lowest BCUT2D eigenvalue weighted by Crippen LogP contribution is -1.87. The average Bonchev–Trinajstić information content (AvgIpc) is 2.76. The lowest BCUT2D eigenvalue weighted by molar-refractivity contribution is 0.415. The summed E-state index contributed by atoms with van der Waals surface area (Å²) in [6.07, 6.45) is 0. The molecule has 3 rings (SSSR count). The van der Waals surface area contributed by atoms with E-state index in [1.165, 1.54) is 11.3 Å². The standard InChI is InChI=1S/C15H14N2OS/c1-9-17-14(15(16)19-9)12-4-3-11-8-13(18-2)6-5-10(11)7-12/h3-8H,16H2,1-2H3. The van der Waals surface area contributed by atoms with Gasteiger partial charge in [0.2, 0.25) is 0 Å². The maximum Gasteiger partial charge on any atom is 0.119 e. The summed E-state index contributed by atoms with van der Waals surface area (Å²) in [5, 5.41) is 4.06. The molecule has 3 nitrogen and oxygen atoms in total. The van der Waals surface area contributed by atoms with Crippen molar-refractivity contribution >= 4 is 27.1 Å². The molecule has 0 aliphatic heterocycles. The largest absolute Gasteiger partial charge is 0.497 e. The number of rotatable bonds is 2. The van der Waals surface area contributed by atoms with Crippen molar-refractivity contribution in [3.63, 3.8) is 0 Å². The van der Waals surface area contributed by atoms with Crippen LogP contribution in [0.1, 0.15) is 5.01 Å². The van der Waals surface area contributed by atoms with Gasteiger partial charge in [0, 0.05) is 5.56 Å². The number of aromatic nitrogens is 1. The molecule has 2 N–H and O–H groups in total. The van der Waals surface area contributed by atoms with Crippen LogP contribution in [0.25, 0.3) is 22.0 Å². The minimum Gasteiger partial charge on any atom is -0.497 e. The van der Waals surface area contributed by atoms with E-state index in [9.17, 15) is 0 Å². The minimum absolute atomic E-state index is 0.769. The minimum atomic E-state index is 0.769. The highest BCUT2D eigenvalue weighted by Crippen LogP contribution is 2.32. The van der Waals surface area contributed by atoms with Crippen molar-refractivity contribution in [2.24, 2.45) is 0 Å². The zero-order valence-electron chi connectivity index (χ0n) is 10.8. The van der Waals surface area contributed by atoms with E-state index in [2.05, 4.69) is 17.1 Å². The molecule has 0 bridgehead atoms. The van der Waals surface area contributed by atoms with Gasteiger partial charge in [-0.25, -0.2) is 4.98 Å². The molecule has 3 aromatic rings. The van der Waals surface area contributed by atoms with Crippen molar-refractivity contribution in [3.8, 4) is 17.0 Å². The smallest absolute Gasteiger partial charge is 0.119 e. The molecule has 1 heterocycles. The summed E-state index contributed by atoms with van der Waals surface area (Å²) in [4.78, 5) is 4.49. The number of nitrogens with two attached hydrogens (primary N) is 1. The highest BCUT2D eigenvalue weighted by atomic mass is 32.1. The normalized spacial score (nSPS) is 10.8. The molecule has 0 aliphatic carbocycles.